The first-order valence-corrected chi connectivity index (χ1v) is 8.29. The van der Waals surface area contributed by atoms with Crippen molar-refractivity contribution in [1.29, 1.82) is 0 Å². The van der Waals surface area contributed by atoms with Gasteiger partial charge in [0.25, 0.3) is 0 Å². The Morgan fingerprint density at radius 3 is 2.43 bits per heavy atom. The van der Waals surface area contributed by atoms with Gasteiger partial charge in [0.1, 0.15) is 5.82 Å². The van der Waals surface area contributed by atoms with E-state index in [1.165, 1.54) is 37.8 Å². The van der Waals surface area contributed by atoms with Gasteiger partial charge in [0.05, 0.1) is 0 Å². The Morgan fingerprint density at radius 1 is 1.24 bits per heavy atom. The smallest absolute Gasteiger partial charge is 0.123 e. The molecule has 1 atom stereocenters. The summed E-state index contributed by atoms with van der Waals surface area (Å²) in [6.07, 6.45) is 5.58. The molecule has 0 heterocycles. The van der Waals surface area contributed by atoms with E-state index in [4.69, 9.17) is 17.4 Å². The quantitative estimate of drug-likeness (QED) is 0.628. The lowest BCUT2D eigenvalue weighted by molar-refractivity contribution is 0.188. The van der Waals surface area contributed by atoms with Gasteiger partial charge in [0, 0.05) is 11.1 Å². The molecule has 0 amide bonds. The molecular formula is C17H26ClFN2. The molecule has 0 aromatic heterocycles. The first-order valence-electron chi connectivity index (χ1n) is 7.91. The van der Waals surface area contributed by atoms with Gasteiger partial charge in [-0.05, 0) is 73.6 Å². The third-order valence-electron chi connectivity index (χ3n) is 4.99. The summed E-state index contributed by atoms with van der Waals surface area (Å²) >= 11 is 6.17. The Kier molecular flexibility index (Phi) is 6.03. The molecule has 1 aliphatic carbocycles. The molecule has 118 valence electrons. The minimum Gasteiger partial charge on any atom is -0.271 e. The van der Waals surface area contributed by atoms with Gasteiger partial charge in [-0.2, -0.15) is 0 Å². The molecule has 2 rings (SSSR count). The summed E-state index contributed by atoms with van der Waals surface area (Å²) in [4.78, 5) is 0. The molecule has 0 radical (unpaired) electrons. The highest BCUT2D eigenvalue weighted by atomic mass is 35.5. The van der Waals surface area contributed by atoms with Crippen LogP contribution in [0.2, 0.25) is 5.02 Å². The van der Waals surface area contributed by atoms with Crippen molar-refractivity contribution in [1.82, 2.24) is 5.43 Å². The highest BCUT2D eigenvalue weighted by molar-refractivity contribution is 6.31. The van der Waals surface area contributed by atoms with E-state index in [1.54, 1.807) is 6.07 Å². The molecule has 1 aromatic rings. The van der Waals surface area contributed by atoms with Gasteiger partial charge in [-0.25, -0.2) is 4.39 Å². The molecule has 4 heteroatoms. The average Bonchev–Trinajstić information content (AvgIpc) is 2.48. The lowest BCUT2D eigenvalue weighted by atomic mass is 9.74. The van der Waals surface area contributed by atoms with Gasteiger partial charge in [-0.3, -0.25) is 11.3 Å². The molecular weight excluding hydrogens is 287 g/mol. The van der Waals surface area contributed by atoms with Crippen LogP contribution in [-0.4, -0.2) is 6.04 Å². The van der Waals surface area contributed by atoms with E-state index in [0.717, 1.165) is 17.4 Å². The number of rotatable bonds is 5. The van der Waals surface area contributed by atoms with E-state index < -0.39 is 0 Å². The monoisotopic (exact) mass is 312 g/mol. The van der Waals surface area contributed by atoms with Gasteiger partial charge >= 0.3 is 0 Å². The number of nitrogens with two attached hydrogens (primary N) is 1. The summed E-state index contributed by atoms with van der Waals surface area (Å²) in [6, 6.07) is 4.70. The third-order valence-corrected chi connectivity index (χ3v) is 5.36. The first-order chi connectivity index (χ1) is 10.0. The zero-order chi connectivity index (χ0) is 15.4. The van der Waals surface area contributed by atoms with Crippen molar-refractivity contribution < 1.29 is 4.39 Å². The second-order valence-corrected chi connectivity index (χ2v) is 7.04. The van der Waals surface area contributed by atoms with Gasteiger partial charge < -0.3 is 0 Å². The highest BCUT2D eigenvalue weighted by Crippen LogP contribution is 2.35. The van der Waals surface area contributed by atoms with Crippen LogP contribution in [-0.2, 0) is 6.42 Å². The summed E-state index contributed by atoms with van der Waals surface area (Å²) in [7, 11) is 0. The summed E-state index contributed by atoms with van der Waals surface area (Å²) in [5.41, 5.74) is 3.77. The minimum absolute atomic E-state index is 0.164. The Balaban J connectivity index is 1.99. The summed E-state index contributed by atoms with van der Waals surface area (Å²) in [6.45, 7) is 4.60. The highest BCUT2D eigenvalue weighted by Gasteiger charge is 2.28. The first kappa shape index (κ1) is 16.7. The Labute approximate surface area is 132 Å². The van der Waals surface area contributed by atoms with Gasteiger partial charge in [-0.1, -0.05) is 25.4 Å². The zero-order valence-corrected chi connectivity index (χ0v) is 13.7. The fourth-order valence-electron chi connectivity index (χ4n) is 3.51. The summed E-state index contributed by atoms with van der Waals surface area (Å²) in [5, 5.41) is 0.618. The van der Waals surface area contributed by atoms with Crippen LogP contribution in [0.25, 0.3) is 0 Å². The lowest BCUT2D eigenvalue weighted by Gasteiger charge is -2.35. The van der Waals surface area contributed by atoms with Crippen LogP contribution in [0.15, 0.2) is 18.2 Å². The molecule has 0 aliphatic heterocycles. The molecule has 1 fully saturated rings. The number of halogens is 2. The van der Waals surface area contributed by atoms with E-state index in [0.29, 0.717) is 17.4 Å². The minimum atomic E-state index is -0.242. The standard InChI is InChI=1S/C17H26ClFN2/c1-11(2)12-3-5-13(6-4-12)17(21-20)10-14-9-15(19)7-8-16(14)18/h7-9,11-13,17,21H,3-6,10,20H2,1-2H3. The molecule has 0 saturated heterocycles. The topological polar surface area (TPSA) is 38.0 Å². The molecule has 1 saturated carbocycles. The van der Waals surface area contributed by atoms with Crippen LogP contribution in [0.4, 0.5) is 4.39 Å². The number of benzene rings is 1. The van der Waals surface area contributed by atoms with Crippen LogP contribution < -0.4 is 11.3 Å². The zero-order valence-electron chi connectivity index (χ0n) is 12.9. The normalized spacial score (nSPS) is 24.3. The summed E-state index contributed by atoms with van der Waals surface area (Å²) < 4.78 is 13.4. The predicted octanol–water partition coefficient (Wildman–Crippen LogP) is 4.32. The fourth-order valence-corrected chi connectivity index (χ4v) is 3.71. The van der Waals surface area contributed by atoms with Crippen molar-refractivity contribution in [3.05, 3.63) is 34.6 Å². The SMILES string of the molecule is CC(C)C1CCC(C(Cc2cc(F)ccc2Cl)NN)CC1. The molecule has 1 aromatic carbocycles. The average molecular weight is 313 g/mol. The van der Waals surface area contributed by atoms with Gasteiger partial charge in [0.15, 0.2) is 0 Å². The molecule has 21 heavy (non-hydrogen) atoms. The van der Waals surface area contributed by atoms with E-state index in [-0.39, 0.29) is 11.9 Å². The van der Waals surface area contributed by atoms with Crippen LogP contribution in [0.1, 0.15) is 45.1 Å². The Hall–Kier alpha value is -0.640. The maximum Gasteiger partial charge on any atom is 0.123 e. The van der Waals surface area contributed by atoms with Crippen LogP contribution >= 0.6 is 11.6 Å². The number of hydrogen-bond donors (Lipinski definition) is 2. The van der Waals surface area contributed by atoms with Crippen molar-refractivity contribution in [2.75, 3.05) is 0 Å². The number of hydrazine groups is 1. The van der Waals surface area contributed by atoms with Gasteiger partial charge in [-0.15, -0.1) is 0 Å². The van der Waals surface area contributed by atoms with Crippen molar-refractivity contribution >= 4 is 11.6 Å². The van der Waals surface area contributed by atoms with Crippen LogP contribution in [0.5, 0.6) is 0 Å². The predicted molar refractivity (Wildman–Crippen MR) is 86.5 cm³/mol. The van der Waals surface area contributed by atoms with Crippen LogP contribution in [0.3, 0.4) is 0 Å². The molecule has 2 nitrogen and oxygen atoms in total. The summed E-state index contributed by atoms with van der Waals surface area (Å²) in [5.74, 6) is 7.64. The van der Waals surface area contributed by atoms with Crippen LogP contribution in [0, 0.1) is 23.6 Å². The Morgan fingerprint density at radius 2 is 1.86 bits per heavy atom. The maximum atomic E-state index is 13.4. The molecule has 3 N–H and O–H groups in total. The largest absolute Gasteiger partial charge is 0.271 e. The van der Waals surface area contributed by atoms with E-state index >= 15 is 0 Å². The van der Waals surface area contributed by atoms with Crippen molar-refractivity contribution in [3.8, 4) is 0 Å². The molecule has 1 unspecified atom stereocenters. The number of hydrogen-bond acceptors (Lipinski definition) is 2. The Bertz CT molecular complexity index is 456. The molecule has 0 spiro atoms. The van der Waals surface area contributed by atoms with Crippen molar-refractivity contribution in [2.24, 2.45) is 23.6 Å². The lowest BCUT2D eigenvalue weighted by Crippen LogP contribution is -2.44. The number of nitrogens with one attached hydrogen (secondary N) is 1. The second kappa shape index (κ2) is 7.57. The van der Waals surface area contributed by atoms with Gasteiger partial charge in [0.2, 0.25) is 0 Å². The van der Waals surface area contributed by atoms with E-state index in [1.807, 2.05) is 0 Å². The maximum absolute atomic E-state index is 13.4. The van der Waals surface area contributed by atoms with Crippen molar-refractivity contribution in [3.63, 3.8) is 0 Å². The van der Waals surface area contributed by atoms with E-state index in [2.05, 4.69) is 19.3 Å². The molecule has 1 aliphatic rings. The second-order valence-electron chi connectivity index (χ2n) is 6.63. The third kappa shape index (κ3) is 4.41. The molecule has 0 bridgehead atoms. The van der Waals surface area contributed by atoms with Crippen molar-refractivity contribution in [2.45, 2.75) is 52.0 Å². The fraction of sp³-hybridized carbons (Fsp3) is 0.647. The van der Waals surface area contributed by atoms with E-state index in [9.17, 15) is 4.39 Å².